The van der Waals surface area contributed by atoms with Crippen molar-refractivity contribution in [3.05, 3.63) is 12.4 Å². The van der Waals surface area contributed by atoms with E-state index in [0.717, 1.165) is 18.9 Å². The number of aliphatic hydroxyl groups is 1. The zero-order valence-electron chi connectivity index (χ0n) is 12.5. The van der Waals surface area contributed by atoms with Gasteiger partial charge in [0, 0.05) is 13.1 Å². The highest BCUT2D eigenvalue weighted by Gasteiger charge is 2.31. The van der Waals surface area contributed by atoms with Crippen molar-refractivity contribution in [2.75, 3.05) is 31.2 Å². The molecule has 1 N–H and O–H groups in total. The van der Waals surface area contributed by atoms with E-state index in [0.29, 0.717) is 11.3 Å². The fourth-order valence-corrected chi connectivity index (χ4v) is 2.88. The zero-order chi connectivity index (χ0) is 14.4. The van der Waals surface area contributed by atoms with E-state index in [-0.39, 0.29) is 13.2 Å². The summed E-state index contributed by atoms with van der Waals surface area (Å²) < 4.78 is 5.32. The highest BCUT2D eigenvalue weighted by Crippen LogP contribution is 2.38. The van der Waals surface area contributed by atoms with Crippen LogP contribution in [-0.4, -0.2) is 41.4 Å². The lowest BCUT2D eigenvalue weighted by Crippen LogP contribution is -2.40. The summed E-state index contributed by atoms with van der Waals surface area (Å²) in [6.45, 7) is 6.89. The third kappa shape index (κ3) is 3.39. The number of anilines is 1. The van der Waals surface area contributed by atoms with Crippen molar-refractivity contribution in [2.45, 2.75) is 39.5 Å². The molecular weight excluding hydrogens is 254 g/mol. The first kappa shape index (κ1) is 15.0. The van der Waals surface area contributed by atoms with Crippen molar-refractivity contribution >= 4 is 5.82 Å². The number of rotatable bonds is 6. The average molecular weight is 279 g/mol. The van der Waals surface area contributed by atoms with E-state index < -0.39 is 0 Å². The molecule has 0 radical (unpaired) electrons. The second-order valence-electron chi connectivity index (χ2n) is 5.48. The standard InChI is InChI=1S/C15H25N3O2/c1-3-15(4-2)5-7-18(8-6-15)13-11-16-12-14(17-13)20-10-9-19/h11-12,19H,3-10H2,1-2H3. The van der Waals surface area contributed by atoms with Crippen molar-refractivity contribution < 1.29 is 9.84 Å². The molecule has 0 aromatic carbocycles. The molecule has 112 valence electrons. The molecule has 1 aromatic heterocycles. The number of hydrogen-bond donors (Lipinski definition) is 1. The van der Waals surface area contributed by atoms with Gasteiger partial charge in [-0.3, -0.25) is 4.98 Å². The van der Waals surface area contributed by atoms with Crippen molar-refractivity contribution in [3.63, 3.8) is 0 Å². The molecule has 1 aliphatic heterocycles. The van der Waals surface area contributed by atoms with Gasteiger partial charge in [0.25, 0.3) is 0 Å². The Balaban J connectivity index is 1.99. The third-order valence-corrected chi connectivity index (χ3v) is 4.59. The van der Waals surface area contributed by atoms with Crippen LogP contribution in [0.5, 0.6) is 5.88 Å². The lowest BCUT2D eigenvalue weighted by Gasteiger charge is -2.41. The van der Waals surface area contributed by atoms with E-state index in [1.807, 2.05) is 0 Å². The van der Waals surface area contributed by atoms with Crippen LogP contribution in [0.25, 0.3) is 0 Å². The Labute approximate surface area is 121 Å². The fourth-order valence-electron chi connectivity index (χ4n) is 2.88. The number of aromatic nitrogens is 2. The van der Waals surface area contributed by atoms with Gasteiger partial charge in [-0.05, 0) is 18.3 Å². The van der Waals surface area contributed by atoms with Gasteiger partial charge in [0.1, 0.15) is 6.61 Å². The Morgan fingerprint density at radius 2 is 1.95 bits per heavy atom. The first-order chi connectivity index (χ1) is 9.73. The van der Waals surface area contributed by atoms with Crippen molar-refractivity contribution in [1.82, 2.24) is 9.97 Å². The van der Waals surface area contributed by atoms with Crippen LogP contribution in [0.2, 0.25) is 0 Å². The first-order valence-electron chi connectivity index (χ1n) is 7.53. The summed E-state index contributed by atoms with van der Waals surface area (Å²) in [5.74, 6) is 1.36. The van der Waals surface area contributed by atoms with Gasteiger partial charge < -0.3 is 14.7 Å². The minimum atomic E-state index is -0.00879. The topological polar surface area (TPSA) is 58.5 Å². The molecule has 1 saturated heterocycles. The summed E-state index contributed by atoms with van der Waals surface area (Å²) in [6.07, 6.45) is 8.31. The number of aliphatic hydroxyl groups excluding tert-OH is 1. The Kier molecular flexibility index (Phi) is 5.17. The maximum atomic E-state index is 8.77. The molecule has 1 aromatic rings. The lowest BCUT2D eigenvalue weighted by molar-refractivity contribution is 0.194. The van der Waals surface area contributed by atoms with Crippen LogP contribution < -0.4 is 9.64 Å². The molecule has 20 heavy (non-hydrogen) atoms. The minimum absolute atomic E-state index is 0.00879. The molecule has 1 fully saturated rings. The molecule has 0 amide bonds. The van der Waals surface area contributed by atoms with Crippen LogP contribution >= 0.6 is 0 Å². The number of ether oxygens (including phenoxy) is 1. The third-order valence-electron chi connectivity index (χ3n) is 4.59. The van der Waals surface area contributed by atoms with Crippen molar-refractivity contribution in [2.24, 2.45) is 5.41 Å². The number of nitrogens with zero attached hydrogens (tertiary/aromatic N) is 3. The minimum Gasteiger partial charge on any atom is -0.474 e. The predicted octanol–water partition coefficient (Wildman–Crippen LogP) is 2.25. The fraction of sp³-hybridized carbons (Fsp3) is 0.733. The van der Waals surface area contributed by atoms with Gasteiger partial charge in [0.2, 0.25) is 5.88 Å². The average Bonchev–Trinajstić information content (AvgIpc) is 2.53. The van der Waals surface area contributed by atoms with Crippen molar-refractivity contribution in [1.29, 1.82) is 0 Å². The molecule has 0 spiro atoms. The normalized spacial score (nSPS) is 18.1. The number of piperidine rings is 1. The molecule has 0 bridgehead atoms. The maximum absolute atomic E-state index is 8.77. The van der Waals surface area contributed by atoms with E-state index in [1.54, 1.807) is 12.4 Å². The molecular formula is C15H25N3O2. The molecule has 5 heteroatoms. The van der Waals surface area contributed by atoms with Crippen LogP contribution in [0.15, 0.2) is 12.4 Å². The maximum Gasteiger partial charge on any atom is 0.234 e. The highest BCUT2D eigenvalue weighted by atomic mass is 16.5. The summed E-state index contributed by atoms with van der Waals surface area (Å²) in [4.78, 5) is 10.9. The molecule has 0 saturated carbocycles. The van der Waals surface area contributed by atoms with Gasteiger partial charge in [-0.15, -0.1) is 0 Å². The van der Waals surface area contributed by atoms with Gasteiger partial charge in [-0.25, -0.2) is 0 Å². The van der Waals surface area contributed by atoms with Crippen LogP contribution in [0.1, 0.15) is 39.5 Å². The molecule has 1 aliphatic rings. The summed E-state index contributed by atoms with van der Waals surface area (Å²) in [5.41, 5.74) is 0.509. The van der Waals surface area contributed by atoms with Gasteiger partial charge in [0.05, 0.1) is 19.0 Å². The van der Waals surface area contributed by atoms with E-state index in [9.17, 15) is 0 Å². The van der Waals surface area contributed by atoms with Gasteiger partial charge in [-0.1, -0.05) is 26.7 Å². The van der Waals surface area contributed by atoms with Gasteiger partial charge in [0.15, 0.2) is 5.82 Å². The highest BCUT2D eigenvalue weighted by molar-refractivity contribution is 5.38. The monoisotopic (exact) mass is 279 g/mol. The van der Waals surface area contributed by atoms with Crippen LogP contribution in [0.4, 0.5) is 5.82 Å². The molecule has 2 rings (SSSR count). The summed E-state index contributed by atoms with van der Waals surface area (Å²) in [5, 5.41) is 8.77. The van der Waals surface area contributed by atoms with Crippen LogP contribution in [0, 0.1) is 5.41 Å². The summed E-state index contributed by atoms with van der Waals surface area (Å²) >= 11 is 0. The van der Waals surface area contributed by atoms with E-state index in [1.165, 1.54) is 25.7 Å². The van der Waals surface area contributed by atoms with E-state index >= 15 is 0 Å². The van der Waals surface area contributed by atoms with Crippen LogP contribution in [0.3, 0.4) is 0 Å². The Morgan fingerprint density at radius 1 is 1.25 bits per heavy atom. The second kappa shape index (κ2) is 6.88. The van der Waals surface area contributed by atoms with Crippen molar-refractivity contribution in [3.8, 4) is 5.88 Å². The second-order valence-corrected chi connectivity index (χ2v) is 5.48. The van der Waals surface area contributed by atoms with E-state index in [2.05, 4.69) is 28.7 Å². The molecule has 5 nitrogen and oxygen atoms in total. The van der Waals surface area contributed by atoms with Gasteiger partial charge in [-0.2, -0.15) is 4.98 Å². The quantitative estimate of drug-likeness (QED) is 0.865. The lowest BCUT2D eigenvalue weighted by atomic mass is 9.74. The number of hydrogen-bond acceptors (Lipinski definition) is 5. The molecule has 2 heterocycles. The largest absolute Gasteiger partial charge is 0.474 e. The Bertz CT molecular complexity index is 411. The SMILES string of the molecule is CCC1(CC)CCN(c2cncc(OCCO)n2)CC1. The van der Waals surface area contributed by atoms with Gasteiger partial charge >= 0.3 is 0 Å². The predicted molar refractivity (Wildman–Crippen MR) is 79.1 cm³/mol. The van der Waals surface area contributed by atoms with E-state index in [4.69, 9.17) is 9.84 Å². The molecule has 0 unspecified atom stereocenters. The smallest absolute Gasteiger partial charge is 0.234 e. The zero-order valence-corrected chi connectivity index (χ0v) is 12.5. The van der Waals surface area contributed by atoms with Crippen LogP contribution in [-0.2, 0) is 0 Å². The Hall–Kier alpha value is -1.36. The Morgan fingerprint density at radius 3 is 2.55 bits per heavy atom. The summed E-state index contributed by atoms with van der Waals surface area (Å²) in [6, 6.07) is 0. The molecule has 0 atom stereocenters. The first-order valence-corrected chi connectivity index (χ1v) is 7.53. The molecule has 0 aliphatic carbocycles. The summed E-state index contributed by atoms with van der Waals surface area (Å²) in [7, 11) is 0.